The summed E-state index contributed by atoms with van der Waals surface area (Å²) < 4.78 is 0. The van der Waals surface area contributed by atoms with Crippen molar-refractivity contribution in [1.29, 1.82) is 0 Å². The molecule has 0 bridgehead atoms. The first kappa shape index (κ1) is 13.5. The Labute approximate surface area is 124 Å². The van der Waals surface area contributed by atoms with Gasteiger partial charge in [0.15, 0.2) is 5.78 Å². The van der Waals surface area contributed by atoms with Gasteiger partial charge in [-0.2, -0.15) is 0 Å². The zero-order chi connectivity index (χ0) is 13.9. The fourth-order valence-electron chi connectivity index (χ4n) is 2.95. The summed E-state index contributed by atoms with van der Waals surface area (Å²) in [4.78, 5) is 14.8. The molecule has 2 heterocycles. The van der Waals surface area contributed by atoms with Crippen LogP contribution in [0, 0.1) is 0 Å². The minimum Gasteiger partial charge on any atom is -0.294 e. The number of carbonyl (C=O) groups is 1. The zero-order valence-corrected chi connectivity index (χ0v) is 12.5. The SMILES string of the molecule is CC(=O)c1cc(CN2CCCC2c2ccccc2)cs1. The van der Waals surface area contributed by atoms with Gasteiger partial charge in [0.25, 0.3) is 0 Å². The van der Waals surface area contributed by atoms with Gasteiger partial charge < -0.3 is 0 Å². The van der Waals surface area contributed by atoms with E-state index in [1.165, 1.54) is 24.0 Å². The molecule has 0 amide bonds. The van der Waals surface area contributed by atoms with Crippen molar-refractivity contribution in [3.05, 3.63) is 57.8 Å². The molecule has 3 heteroatoms. The molecule has 0 N–H and O–H groups in total. The molecule has 0 aliphatic carbocycles. The second-order valence-corrected chi connectivity index (χ2v) is 6.33. The van der Waals surface area contributed by atoms with Crippen LogP contribution in [0.5, 0.6) is 0 Å². The van der Waals surface area contributed by atoms with E-state index in [4.69, 9.17) is 0 Å². The van der Waals surface area contributed by atoms with Gasteiger partial charge in [-0.3, -0.25) is 9.69 Å². The Morgan fingerprint density at radius 2 is 2.15 bits per heavy atom. The van der Waals surface area contributed by atoms with Crippen LogP contribution in [-0.2, 0) is 6.54 Å². The number of thiophene rings is 1. The highest BCUT2D eigenvalue weighted by Gasteiger charge is 2.25. The number of nitrogens with zero attached hydrogens (tertiary/aromatic N) is 1. The fourth-order valence-corrected chi connectivity index (χ4v) is 3.75. The number of carbonyl (C=O) groups excluding carboxylic acids is 1. The molecule has 2 aromatic rings. The highest BCUT2D eigenvalue weighted by Crippen LogP contribution is 2.33. The van der Waals surface area contributed by atoms with Crippen LogP contribution in [0.15, 0.2) is 41.8 Å². The maximum Gasteiger partial charge on any atom is 0.169 e. The van der Waals surface area contributed by atoms with E-state index in [1.54, 1.807) is 18.3 Å². The van der Waals surface area contributed by atoms with Crippen LogP contribution in [0.3, 0.4) is 0 Å². The lowest BCUT2D eigenvalue weighted by Crippen LogP contribution is -2.22. The van der Waals surface area contributed by atoms with Gasteiger partial charge in [-0.05, 0) is 48.9 Å². The van der Waals surface area contributed by atoms with Gasteiger partial charge in [0, 0.05) is 12.6 Å². The first-order valence-corrected chi connectivity index (χ1v) is 7.99. The predicted octanol–water partition coefficient (Wildman–Crippen LogP) is 4.29. The molecule has 1 aromatic heterocycles. The summed E-state index contributed by atoms with van der Waals surface area (Å²) in [7, 11) is 0. The van der Waals surface area contributed by atoms with E-state index in [0.29, 0.717) is 6.04 Å². The maximum atomic E-state index is 11.4. The lowest BCUT2D eigenvalue weighted by atomic mass is 10.0. The van der Waals surface area contributed by atoms with Crippen molar-refractivity contribution in [3.8, 4) is 0 Å². The summed E-state index contributed by atoms with van der Waals surface area (Å²) in [5, 5.41) is 2.12. The molecule has 0 saturated carbocycles. The Kier molecular flexibility index (Phi) is 3.99. The van der Waals surface area contributed by atoms with Crippen molar-refractivity contribution in [2.45, 2.75) is 32.4 Å². The quantitative estimate of drug-likeness (QED) is 0.781. The van der Waals surface area contributed by atoms with Gasteiger partial charge in [-0.15, -0.1) is 11.3 Å². The number of benzene rings is 1. The number of likely N-dealkylation sites (tertiary alicyclic amines) is 1. The third-order valence-corrected chi connectivity index (χ3v) is 5.01. The Morgan fingerprint density at radius 1 is 1.35 bits per heavy atom. The molecule has 1 unspecified atom stereocenters. The Balaban J connectivity index is 1.74. The van der Waals surface area contributed by atoms with Gasteiger partial charge in [-0.25, -0.2) is 0 Å². The topological polar surface area (TPSA) is 20.3 Å². The maximum absolute atomic E-state index is 11.4. The number of ketones is 1. The highest BCUT2D eigenvalue weighted by molar-refractivity contribution is 7.12. The molecule has 1 aliphatic heterocycles. The van der Waals surface area contributed by atoms with Crippen molar-refractivity contribution in [2.24, 2.45) is 0 Å². The van der Waals surface area contributed by atoms with Gasteiger partial charge in [0.2, 0.25) is 0 Å². The largest absolute Gasteiger partial charge is 0.294 e. The average molecular weight is 285 g/mol. The number of rotatable bonds is 4. The van der Waals surface area contributed by atoms with Crippen LogP contribution in [0.25, 0.3) is 0 Å². The monoisotopic (exact) mass is 285 g/mol. The average Bonchev–Trinajstić information content (AvgIpc) is 3.09. The van der Waals surface area contributed by atoms with Crippen LogP contribution in [0.2, 0.25) is 0 Å². The number of hydrogen-bond donors (Lipinski definition) is 0. The normalized spacial score (nSPS) is 19.4. The van der Waals surface area contributed by atoms with Gasteiger partial charge in [0.05, 0.1) is 4.88 Å². The van der Waals surface area contributed by atoms with E-state index in [9.17, 15) is 4.79 Å². The first-order valence-electron chi connectivity index (χ1n) is 7.11. The Morgan fingerprint density at radius 3 is 2.85 bits per heavy atom. The standard InChI is InChI=1S/C17H19NOS/c1-13(19)17-10-14(12-20-17)11-18-9-5-8-16(18)15-6-3-2-4-7-15/h2-4,6-7,10,12,16H,5,8-9,11H2,1H3. The molecule has 1 atom stereocenters. The molecule has 104 valence electrons. The summed E-state index contributed by atoms with van der Waals surface area (Å²) in [6, 6.07) is 13.3. The molecule has 3 rings (SSSR count). The minimum absolute atomic E-state index is 0.169. The Hall–Kier alpha value is -1.45. The summed E-state index contributed by atoms with van der Waals surface area (Å²) in [6.45, 7) is 3.73. The fraction of sp³-hybridized carbons (Fsp3) is 0.353. The summed E-state index contributed by atoms with van der Waals surface area (Å²) in [6.07, 6.45) is 2.48. The molecule has 1 aromatic carbocycles. The second kappa shape index (κ2) is 5.90. The van der Waals surface area contributed by atoms with Crippen molar-refractivity contribution in [2.75, 3.05) is 6.54 Å². The molecule has 0 radical (unpaired) electrons. The molecular formula is C17H19NOS. The van der Waals surface area contributed by atoms with Crippen LogP contribution < -0.4 is 0 Å². The van der Waals surface area contributed by atoms with E-state index in [1.807, 2.05) is 6.07 Å². The first-order chi connectivity index (χ1) is 9.74. The smallest absolute Gasteiger partial charge is 0.169 e. The summed E-state index contributed by atoms with van der Waals surface area (Å²) >= 11 is 1.56. The lowest BCUT2D eigenvalue weighted by Gasteiger charge is -2.24. The van der Waals surface area contributed by atoms with Crippen LogP contribution in [-0.4, -0.2) is 17.2 Å². The van der Waals surface area contributed by atoms with Crippen molar-refractivity contribution in [1.82, 2.24) is 4.90 Å². The second-order valence-electron chi connectivity index (χ2n) is 5.41. The van der Waals surface area contributed by atoms with E-state index >= 15 is 0 Å². The van der Waals surface area contributed by atoms with Gasteiger partial charge in [-0.1, -0.05) is 30.3 Å². The van der Waals surface area contributed by atoms with Crippen LogP contribution in [0.1, 0.15) is 46.6 Å². The van der Waals surface area contributed by atoms with Crippen molar-refractivity contribution < 1.29 is 4.79 Å². The third-order valence-electron chi connectivity index (χ3n) is 3.93. The summed E-state index contributed by atoms with van der Waals surface area (Å²) in [5.74, 6) is 0.169. The summed E-state index contributed by atoms with van der Waals surface area (Å²) in [5.41, 5.74) is 2.68. The molecule has 2 nitrogen and oxygen atoms in total. The number of hydrogen-bond acceptors (Lipinski definition) is 3. The molecule has 1 fully saturated rings. The molecule has 1 aliphatic rings. The third kappa shape index (κ3) is 2.84. The van der Waals surface area contributed by atoms with E-state index < -0.39 is 0 Å². The van der Waals surface area contributed by atoms with Gasteiger partial charge >= 0.3 is 0 Å². The lowest BCUT2D eigenvalue weighted by molar-refractivity contribution is 0.102. The predicted molar refractivity (Wildman–Crippen MR) is 83.2 cm³/mol. The molecular weight excluding hydrogens is 266 g/mol. The van der Waals surface area contributed by atoms with E-state index in [2.05, 4.69) is 40.6 Å². The van der Waals surface area contributed by atoms with Crippen molar-refractivity contribution in [3.63, 3.8) is 0 Å². The van der Waals surface area contributed by atoms with Gasteiger partial charge in [0.1, 0.15) is 0 Å². The Bertz CT molecular complexity index is 590. The minimum atomic E-state index is 0.169. The molecule has 20 heavy (non-hydrogen) atoms. The van der Waals surface area contributed by atoms with Crippen molar-refractivity contribution >= 4 is 17.1 Å². The van der Waals surface area contributed by atoms with Crippen LogP contribution >= 0.6 is 11.3 Å². The highest BCUT2D eigenvalue weighted by atomic mass is 32.1. The number of Topliss-reactive ketones (excluding diaryl/α,β-unsaturated/α-hetero) is 1. The molecule has 0 spiro atoms. The van der Waals surface area contributed by atoms with Crippen LogP contribution in [0.4, 0.5) is 0 Å². The zero-order valence-electron chi connectivity index (χ0n) is 11.7. The van der Waals surface area contributed by atoms with E-state index in [-0.39, 0.29) is 5.78 Å². The van der Waals surface area contributed by atoms with E-state index in [0.717, 1.165) is 18.0 Å². The molecule has 1 saturated heterocycles.